The van der Waals surface area contributed by atoms with Crippen LogP contribution in [-0.4, -0.2) is 36.6 Å². The molecule has 6 nitrogen and oxygen atoms in total. The molecule has 2 heterocycles. The van der Waals surface area contributed by atoms with E-state index in [2.05, 4.69) is 12.2 Å². The van der Waals surface area contributed by atoms with Gasteiger partial charge in [-0.3, -0.25) is 0 Å². The molecule has 0 aromatic heterocycles. The highest BCUT2D eigenvalue weighted by Gasteiger charge is 2.56. The first-order valence-corrected chi connectivity index (χ1v) is 12.4. The van der Waals surface area contributed by atoms with Crippen LogP contribution in [0.5, 0.6) is 5.75 Å². The van der Waals surface area contributed by atoms with Gasteiger partial charge >= 0.3 is 13.2 Å². The largest absolute Gasteiger partial charge is 0.496 e. The lowest BCUT2D eigenvalue weighted by atomic mass is 9.70. The van der Waals surface area contributed by atoms with Gasteiger partial charge in [0.2, 0.25) is 0 Å². The van der Waals surface area contributed by atoms with E-state index < -0.39 is 35.6 Å². The van der Waals surface area contributed by atoms with Gasteiger partial charge < -0.3 is 24.1 Å². The molecular weight excluding hydrogens is 465 g/mol. The number of amides is 1. The van der Waals surface area contributed by atoms with E-state index in [-0.39, 0.29) is 12.5 Å². The predicted octanol–water partition coefficient (Wildman–Crippen LogP) is 5.56. The Bertz CT molecular complexity index is 1100. The van der Waals surface area contributed by atoms with Crippen molar-refractivity contribution < 1.29 is 23.6 Å². The van der Waals surface area contributed by atoms with Crippen molar-refractivity contribution in [1.29, 1.82) is 0 Å². The maximum Gasteiger partial charge on any atom is 0.496 e. The van der Waals surface area contributed by atoms with Gasteiger partial charge in [-0.05, 0) is 66.2 Å². The molecule has 2 atom stereocenters. The number of hydrogen-bond acceptors (Lipinski definition) is 5. The molecular formula is C27H35BClNO5. The van der Waals surface area contributed by atoms with Crippen LogP contribution in [0.3, 0.4) is 0 Å². The summed E-state index contributed by atoms with van der Waals surface area (Å²) in [5.74, 6) is 0.518. The van der Waals surface area contributed by atoms with Gasteiger partial charge in [0, 0.05) is 22.0 Å². The minimum Gasteiger partial charge on any atom is -0.480 e. The standard InChI is InChI=1S/C27H35BClNO5/c1-17-21-20(15-14-19(29)22(21)28-34-25(5,6)26(7,8)35-28)32-27(17,18-12-10-9-11-13-18)16-30-23(31)33-24(2,3)4/h9-15,17H,16H2,1-8H3,(H,30,31)/t17-,27?/m0/s1. The Morgan fingerprint density at radius 1 is 1.06 bits per heavy atom. The molecule has 0 spiro atoms. The smallest absolute Gasteiger partial charge is 0.480 e. The number of hydrogen-bond donors (Lipinski definition) is 1. The van der Waals surface area contributed by atoms with Gasteiger partial charge in [-0.15, -0.1) is 0 Å². The fourth-order valence-electron chi connectivity index (χ4n) is 4.68. The zero-order chi connectivity index (χ0) is 25.8. The Kier molecular flexibility index (Phi) is 6.44. The molecule has 0 aliphatic carbocycles. The van der Waals surface area contributed by atoms with Crippen LogP contribution in [0.4, 0.5) is 4.79 Å². The molecule has 0 radical (unpaired) electrons. The summed E-state index contributed by atoms with van der Waals surface area (Å²) in [6, 6.07) is 13.6. The number of rotatable bonds is 4. The van der Waals surface area contributed by atoms with E-state index in [1.165, 1.54) is 0 Å². The van der Waals surface area contributed by atoms with E-state index in [9.17, 15) is 4.79 Å². The van der Waals surface area contributed by atoms with Gasteiger partial charge in [0.15, 0.2) is 5.60 Å². The summed E-state index contributed by atoms with van der Waals surface area (Å²) in [5.41, 5.74) is 0.130. The van der Waals surface area contributed by atoms with Gasteiger partial charge in [-0.25, -0.2) is 4.79 Å². The molecule has 188 valence electrons. The molecule has 1 N–H and O–H groups in total. The molecule has 1 unspecified atom stereocenters. The van der Waals surface area contributed by atoms with Gasteiger partial charge in [-0.2, -0.15) is 0 Å². The Morgan fingerprint density at radius 2 is 1.66 bits per heavy atom. The highest BCUT2D eigenvalue weighted by molar-refractivity contribution is 6.66. The number of nitrogens with one attached hydrogen (secondary N) is 1. The first kappa shape index (κ1) is 25.9. The maximum atomic E-state index is 12.6. The molecule has 1 saturated heterocycles. The van der Waals surface area contributed by atoms with Crippen molar-refractivity contribution >= 4 is 30.3 Å². The Labute approximate surface area is 213 Å². The van der Waals surface area contributed by atoms with E-state index >= 15 is 0 Å². The van der Waals surface area contributed by atoms with E-state index in [4.69, 9.17) is 30.4 Å². The van der Waals surface area contributed by atoms with Gasteiger partial charge in [0.05, 0.1) is 17.7 Å². The number of halogens is 1. The quantitative estimate of drug-likeness (QED) is 0.558. The third-order valence-electron chi connectivity index (χ3n) is 7.26. The van der Waals surface area contributed by atoms with Crippen LogP contribution in [-0.2, 0) is 19.6 Å². The van der Waals surface area contributed by atoms with E-state index in [0.717, 1.165) is 16.6 Å². The number of carbonyl (C=O) groups is 1. The number of ether oxygens (including phenoxy) is 2. The third-order valence-corrected chi connectivity index (χ3v) is 7.59. The molecule has 2 aliphatic heterocycles. The number of alkyl carbamates (subject to hydrolysis) is 1. The lowest BCUT2D eigenvalue weighted by Crippen LogP contribution is -2.47. The summed E-state index contributed by atoms with van der Waals surface area (Å²) in [5, 5.41) is 3.49. The van der Waals surface area contributed by atoms with Crippen molar-refractivity contribution in [3.05, 3.63) is 58.6 Å². The molecule has 0 saturated carbocycles. The first-order valence-electron chi connectivity index (χ1n) is 12.1. The van der Waals surface area contributed by atoms with Crippen molar-refractivity contribution in [2.24, 2.45) is 0 Å². The lowest BCUT2D eigenvalue weighted by molar-refractivity contribution is 0.00578. The summed E-state index contributed by atoms with van der Waals surface area (Å²) < 4.78 is 24.9. The number of benzene rings is 2. The zero-order valence-corrected chi connectivity index (χ0v) is 22.6. The third kappa shape index (κ3) is 4.66. The van der Waals surface area contributed by atoms with Crippen LogP contribution >= 0.6 is 11.6 Å². The van der Waals surface area contributed by atoms with E-state index in [0.29, 0.717) is 10.8 Å². The summed E-state index contributed by atoms with van der Waals surface area (Å²) in [4.78, 5) is 12.6. The van der Waals surface area contributed by atoms with Crippen LogP contribution in [0.15, 0.2) is 42.5 Å². The number of carbonyl (C=O) groups excluding carboxylic acids is 1. The molecule has 2 aromatic rings. The summed E-state index contributed by atoms with van der Waals surface area (Å²) >= 11 is 6.77. The SMILES string of the molecule is C[C@H]1c2c(ccc(Cl)c2B2OC(C)(C)C(C)(C)O2)OC1(CNC(=O)OC(C)(C)C)c1ccccc1. The monoisotopic (exact) mass is 499 g/mol. The molecule has 2 aliphatic rings. The van der Waals surface area contributed by atoms with Crippen LogP contribution in [0.1, 0.15) is 72.4 Å². The molecule has 8 heteroatoms. The minimum absolute atomic E-state index is 0.178. The highest BCUT2D eigenvalue weighted by atomic mass is 35.5. The average molecular weight is 500 g/mol. The lowest BCUT2D eigenvalue weighted by Gasteiger charge is -2.34. The van der Waals surface area contributed by atoms with Crippen molar-refractivity contribution in [2.75, 3.05) is 6.54 Å². The van der Waals surface area contributed by atoms with Gasteiger partial charge in [0.1, 0.15) is 11.4 Å². The van der Waals surface area contributed by atoms with Crippen LogP contribution < -0.4 is 15.5 Å². The topological polar surface area (TPSA) is 66.0 Å². The first-order chi connectivity index (χ1) is 16.2. The molecule has 4 rings (SSSR count). The fourth-order valence-corrected chi connectivity index (χ4v) is 4.94. The molecule has 35 heavy (non-hydrogen) atoms. The molecule has 1 fully saturated rings. The summed E-state index contributed by atoms with van der Waals surface area (Å²) in [6.45, 7) is 15.9. The zero-order valence-electron chi connectivity index (χ0n) is 21.8. The van der Waals surface area contributed by atoms with Crippen LogP contribution in [0.2, 0.25) is 5.02 Å². The summed E-state index contributed by atoms with van der Waals surface area (Å²) in [7, 11) is -0.640. The molecule has 2 aromatic carbocycles. The summed E-state index contributed by atoms with van der Waals surface area (Å²) in [6.07, 6.45) is -0.497. The normalized spacial score (nSPS) is 24.6. The Hall–Kier alpha value is -2.22. The molecule has 1 amide bonds. The number of fused-ring (bicyclic) bond motifs is 1. The van der Waals surface area contributed by atoms with Crippen molar-refractivity contribution in [3.8, 4) is 5.75 Å². The van der Waals surface area contributed by atoms with Gasteiger partial charge in [-0.1, -0.05) is 48.9 Å². The van der Waals surface area contributed by atoms with Crippen molar-refractivity contribution in [1.82, 2.24) is 5.32 Å². The Balaban J connectivity index is 1.75. The van der Waals surface area contributed by atoms with E-state index in [1.54, 1.807) is 0 Å². The highest BCUT2D eigenvalue weighted by Crippen LogP contribution is 2.51. The van der Waals surface area contributed by atoms with Crippen molar-refractivity contribution in [3.63, 3.8) is 0 Å². The molecule has 0 bridgehead atoms. The fraction of sp³-hybridized carbons (Fsp3) is 0.519. The van der Waals surface area contributed by atoms with Crippen molar-refractivity contribution in [2.45, 2.75) is 83.7 Å². The second-order valence-electron chi connectivity index (χ2n) is 11.4. The second kappa shape index (κ2) is 8.72. The van der Waals surface area contributed by atoms with E-state index in [1.807, 2.05) is 90.9 Å². The maximum absolute atomic E-state index is 12.6. The second-order valence-corrected chi connectivity index (χ2v) is 11.8. The Morgan fingerprint density at radius 3 is 2.23 bits per heavy atom. The predicted molar refractivity (Wildman–Crippen MR) is 139 cm³/mol. The van der Waals surface area contributed by atoms with Crippen LogP contribution in [0, 0.1) is 0 Å². The van der Waals surface area contributed by atoms with Gasteiger partial charge in [0.25, 0.3) is 0 Å². The average Bonchev–Trinajstić information content (AvgIpc) is 3.15. The van der Waals surface area contributed by atoms with Crippen LogP contribution in [0.25, 0.3) is 0 Å². The minimum atomic E-state index is -0.871.